The highest BCUT2D eigenvalue weighted by atomic mass is 16.5. The second-order valence-corrected chi connectivity index (χ2v) is 14.9. The van der Waals surface area contributed by atoms with E-state index in [-0.39, 0.29) is 28.9 Å². The maximum absolute atomic E-state index is 13.1. The highest BCUT2D eigenvalue weighted by Crippen LogP contribution is 2.74. The summed E-state index contributed by atoms with van der Waals surface area (Å²) in [6.45, 7) is 25.2. The van der Waals surface area contributed by atoms with E-state index in [1.54, 1.807) is 0 Å². The lowest BCUT2D eigenvalue weighted by Crippen LogP contribution is -2.48. The minimum absolute atomic E-state index is 0.000626. The second kappa shape index (κ2) is 16.5. The number of nitrogens with two attached hydrogens (primary N) is 1. The highest BCUT2D eigenvalue weighted by molar-refractivity contribution is 5.69. The lowest BCUT2D eigenvalue weighted by Gasteiger charge is -2.51. The Kier molecular flexibility index (Phi) is 14.5. The van der Waals surface area contributed by atoms with Crippen LogP contribution in [0.3, 0.4) is 0 Å². The van der Waals surface area contributed by atoms with Gasteiger partial charge in [0.2, 0.25) is 0 Å². The number of fused-ring (bicyclic) bond motifs is 1. The Morgan fingerprint density at radius 1 is 1.00 bits per heavy atom. The maximum Gasteiger partial charge on any atom is 0.306 e. The largest absolute Gasteiger partial charge is 0.462 e. The van der Waals surface area contributed by atoms with E-state index in [4.69, 9.17) is 10.5 Å². The average Bonchev–Trinajstić information content (AvgIpc) is 3.48. The molecule has 2 aliphatic rings. The van der Waals surface area contributed by atoms with Crippen LogP contribution in [-0.2, 0) is 9.53 Å². The first-order valence-corrected chi connectivity index (χ1v) is 17.4. The van der Waals surface area contributed by atoms with Gasteiger partial charge in [0.15, 0.2) is 0 Å². The van der Waals surface area contributed by atoms with Crippen LogP contribution < -0.4 is 5.73 Å². The summed E-state index contributed by atoms with van der Waals surface area (Å²) in [6, 6.07) is 0.160. The van der Waals surface area contributed by atoms with Crippen LogP contribution in [0.1, 0.15) is 146 Å². The fourth-order valence-electron chi connectivity index (χ4n) is 8.37. The summed E-state index contributed by atoms with van der Waals surface area (Å²) in [5, 5.41) is 0. The van der Waals surface area contributed by atoms with Crippen molar-refractivity contribution in [2.45, 2.75) is 158 Å². The van der Waals surface area contributed by atoms with Crippen LogP contribution in [0.25, 0.3) is 0 Å². The molecule has 3 nitrogen and oxygen atoms in total. The second-order valence-electron chi connectivity index (χ2n) is 14.9. The van der Waals surface area contributed by atoms with E-state index in [0.717, 1.165) is 57.8 Å². The molecule has 0 aliphatic heterocycles. The van der Waals surface area contributed by atoms with Crippen LogP contribution in [0, 0.1) is 46.3 Å². The molecule has 236 valence electrons. The Labute approximate surface area is 255 Å². The molecule has 3 heteroatoms. The van der Waals surface area contributed by atoms with Gasteiger partial charge in [0.1, 0.15) is 6.10 Å². The van der Waals surface area contributed by atoms with Crippen LogP contribution in [0.5, 0.6) is 0 Å². The first-order chi connectivity index (χ1) is 19.4. The quantitative estimate of drug-likeness (QED) is 0.0728. The molecule has 2 fully saturated rings. The van der Waals surface area contributed by atoms with Gasteiger partial charge in [0.25, 0.3) is 0 Å². The monoisotopic (exact) mass is 570 g/mol. The fraction of sp³-hybridized carbons (Fsp3) is 0.842. The summed E-state index contributed by atoms with van der Waals surface area (Å²) in [4.78, 5) is 13.1. The lowest BCUT2D eigenvalue weighted by molar-refractivity contribution is -0.157. The molecule has 0 amide bonds. The van der Waals surface area contributed by atoms with Crippen molar-refractivity contribution >= 4 is 5.97 Å². The molecule has 0 aromatic rings. The Morgan fingerprint density at radius 2 is 1.63 bits per heavy atom. The molecule has 0 aromatic heterocycles. The summed E-state index contributed by atoms with van der Waals surface area (Å²) in [6.07, 6.45) is 18.3. The third-order valence-corrected chi connectivity index (χ3v) is 11.0. The molecule has 2 rings (SSSR count). The van der Waals surface area contributed by atoms with Gasteiger partial charge in [0.05, 0.1) is 0 Å². The number of ether oxygens (including phenoxy) is 1. The third-order valence-electron chi connectivity index (χ3n) is 11.0. The number of carbonyl (C=O) groups excluding carboxylic acids is 1. The molecular weight excluding hydrogens is 502 g/mol. The van der Waals surface area contributed by atoms with Gasteiger partial charge in [-0.1, -0.05) is 99.6 Å². The van der Waals surface area contributed by atoms with Crippen LogP contribution in [0.4, 0.5) is 0 Å². The first kappa shape index (κ1) is 35.9. The number of carbonyl (C=O) groups is 1. The summed E-state index contributed by atoms with van der Waals surface area (Å²) in [5.74, 6) is 3.00. The predicted molar refractivity (Wildman–Crippen MR) is 177 cm³/mol. The van der Waals surface area contributed by atoms with Crippen molar-refractivity contribution in [1.29, 1.82) is 0 Å². The van der Waals surface area contributed by atoms with Crippen molar-refractivity contribution < 1.29 is 9.53 Å². The van der Waals surface area contributed by atoms with Crippen LogP contribution in [0.15, 0.2) is 30.0 Å². The molecule has 8 atom stereocenters. The van der Waals surface area contributed by atoms with E-state index in [1.807, 2.05) is 0 Å². The average molecular weight is 570 g/mol. The van der Waals surface area contributed by atoms with E-state index < -0.39 is 0 Å². The Hall–Kier alpha value is -1.31. The number of allylic oxidation sites excluding steroid dienone is 2. The summed E-state index contributed by atoms with van der Waals surface area (Å²) in [5.41, 5.74) is 11.8. The third kappa shape index (κ3) is 9.59. The van der Waals surface area contributed by atoms with Gasteiger partial charge >= 0.3 is 5.97 Å². The Morgan fingerprint density at radius 3 is 2.20 bits per heavy atom. The maximum atomic E-state index is 13.1. The van der Waals surface area contributed by atoms with E-state index in [2.05, 4.69) is 86.8 Å². The van der Waals surface area contributed by atoms with Gasteiger partial charge in [-0.25, -0.2) is 0 Å². The normalized spacial score (nSPS) is 28.7. The van der Waals surface area contributed by atoms with Gasteiger partial charge in [-0.15, -0.1) is 5.73 Å². The zero-order valence-electron chi connectivity index (χ0n) is 28.6. The topological polar surface area (TPSA) is 52.3 Å². The molecule has 0 radical (unpaired) electrons. The number of unbranched alkanes of at least 4 members (excludes halogenated alkanes) is 4. The molecule has 0 heterocycles. The van der Waals surface area contributed by atoms with E-state index in [1.165, 1.54) is 24.8 Å². The number of esters is 1. The van der Waals surface area contributed by atoms with E-state index in [0.29, 0.717) is 41.9 Å². The lowest BCUT2D eigenvalue weighted by atomic mass is 9.54. The Balaban J connectivity index is 2.54. The van der Waals surface area contributed by atoms with Crippen molar-refractivity contribution in [2.24, 2.45) is 52.1 Å². The Bertz CT molecular complexity index is 879. The minimum Gasteiger partial charge on any atom is -0.462 e. The van der Waals surface area contributed by atoms with Crippen LogP contribution >= 0.6 is 0 Å². The molecule has 0 spiro atoms. The van der Waals surface area contributed by atoms with Crippen molar-refractivity contribution in [3.63, 3.8) is 0 Å². The van der Waals surface area contributed by atoms with E-state index in [9.17, 15) is 4.79 Å². The number of rotatable bonds is 19. The standard InChI is InChI=1S/C38H67NO2/c1-11-14-16-21-28(6)23-25-38(24-19-18-20-27(4)5)26-32(41-33(40)22-17-15-12-2)35-36(37(35,9)10)34(38)31(13-3)29(7)30(8)39/h19-20,27,29-32,34-36H,6,11-17,21-26,39H2,1-5,7-10H3. The van der Waals surface area contributed by atoms with Gasteiger partial charge in [0, 0.05) is 18.4 Å². The van der Waals surface area contributed by atoms with Gasteiger partial charge < -0.3 is 10.5 Å². The molecule has 8 unspecified atom stereocenters. The zero-order chi connectivity index (χ0) is 30.8. The van der Waals surface area contributed by atoms with Gasteiger partial charge in [-0.2, -0.15) is 0 Å². The zero-order valence-corrected chi connectivity index (χ0v) is 28.6. The van der Waals surface area contributed by atoms with Crippen molar-refractivity contribution in [3.05, 3.63) is 30.0 Å². The van der Waals surface area contributed by atoms with Crippen molar-refractivity contribution in [2.75, 3.05) is 0 Å². The molecule has 0 saturated heterocycles. The molecule has 2 saturated carbocycles. The fourth-order valence-corrected chi connectivity index (χ4v) is 8.37. The summed E-state index contributed by atoms with van der Waals surface area (Å²) in [7, 11) is 0. The molecule has 2 aliphatic carbocycles. The first-order valence-electron chi connectivity index (χ1n) is 17.4. The molecule has 41 heavy (non-hydrogen) atoms. The molecule has 2 N–H and O–H groups in total. The molecular formula is C38H67NO2. The number of hydrogen-bond acceptors (Lipinski definition) is 3. The summed E-state index contributed by atoms with van der Waals surface area (Å²) >= 11 is 0. The minimum atomic E-state index is -0.000626. The van der Waals surface area contributed by atoms with Crippen LogP contribution in [0.2, 0.25) is 0 Å². The summed E-state index contributed by atoms with van der Waals surface area (Å²) < 4.78 is 6.46. The highest BCUT2D eigenvalue weighted by Gasteiger charge is 2.72. The smallest absolute Gasteiger partial charge is 0.306 e. The predicted octanol–water partition coefficient (Wildman–Crippen LogP) is 10.4. The van der Waals surface area contributed by atoms with Crippen molar-refractivity contribution in [3.8, 4) is 0 Å². The SMILES string of the molecule is C=C(CCCCC)CCC1(CC=C=CC(C)C)CC(OC(=O)CCCCC)C2C(C1C(CC)C(C)C(C)N)C2(C)C. The molecule has 0 aromatic carbocycles. The van der Waals surface area contributed by atoms with Crippen LogP contribution in [-0.4, -0.2) is 18.1 Å². The van der Waals surface area contributed by atoms with Gasteiger partial charge in [-0.05, 0) is 104 Å². The number of hydrogen-bond donors (Lipinski definition) is 1. The molecule has 0 bridgehead atoms. The van der Waals surface area contributed by atoms with Gasteiger partial charge in [-0.3, -0.25) is 4.79 Å². The van der Waals surface area contributed by atoms with Crippen molar-refractivity contribution in [1.82, 2.24) is 0 Å². The van der Waals surface area contributed by atoms with E-state index >= 15 is 0 Å².